The van der Waals surface area contributed by atoms with E-state index in [1.54, 1.807) is 12.5 Å². The van der Waals surface area contributed by atoms with Gasteiger partial charge in [0.2, 0.25) is 5.91 Å². The lowest BCUT2D eigenvalue weighted by Crippen LogP contribution is -2.48. The summed E-state index contributed by atoms with van der Waals surface area (Å²) in [6.45, 7) is 5.18. The molecule has 0 radical (unpaired) electrons. The lowest BCUT2D eigenvalue weighted by Gasteiger charge is -2.40. The van der Waals surface area contributed by atoms with Gasteiger partial charge in [0.15, 0.2) is 0 Å². The molecule has 1 amide bonds. The van der Waals surface area contributed by atoms with Gasteiger partial charge in [0.05, 0.1) is 5.41 Å². The molecule has 0 spiro atoms. The molecular formula is C16H23N3O2. The van der Waals surface area contributed by atoms with Crippen molar-refractivity contribution in [2.24, 2.45) is 5.41 Å². The molecule has 2 aliphatic heterocycles. The second-order valence-electron chi connectivity index (χ2n) is 6.37. The molecule has 0 aliphatic carbocycles. The highest BCUT2D eigenvalue weighted by molar-refractivity contribution is 5.82. The van der Waals surface area contributed by atoms with Crippen LogP contribution in [-0.4, -0.2) is 47.1 Å². The van der Waals surface area contributed by atoms with Crippen molar-refractivity contribution >= 4 is 5.91 Å². The Labute approximate surface area is 125 Å². The second-order valence-corrected chi connectivity index (χ2v) is 6.37. The van der Waals surface area contributed by atoms with E-state index >= 15 is 0 Å². The average Bonchev–Trinajstić information content (AvgIpc) is 2.56. The molecule has 0 bridgehead atoms. The van der Waals surface area contributed by atoms with E-state index in [0.717, 1.165) is 44.5 Å². The van der Waals surface area contributed by atoms with Gasteiger partial charge in [-0.25, -0.2) is 9.97 Å². The van der Waals surface area contributed by atoms with Crippen molar-refractivity contribution in [2.45, 2.75) is 38.5 Å². The van der Waals surface area contributed by atoms with Crippen LogP contribution in [0.25, 0.3) is 0 Å². The number of carbonyl (C=O) groups is 1. The molecule has 114 valence electrons. The number of hydrogen-bond donors (Lipinski definition) is 0. The molecule has 0 N–H and O–H groups in total. The van der Waals surface area contributed by atoms with Crippen LogP contribution in [-0.2, 0) is 9.53 Å². The fourth-order valence-corrected chi connectivity index (χ4v) is 3.34. The fourth-order valence-electron chi connectivity index (χ4n) is 3.34. The maximum absolute atomic E-state index is 12.8. The SMILES string of the molecule is CC1(C(=O)N2CCC(c3ccncn3)CC2)CCOCC1. The smallest absolute Gasteiger partial charge is 0.228 e. The summed E-state index contributed by atoms with van der Waals surface area (Å²) in [6, 6.07) is 1.99. The van der Waals surface area contributed by atoms with Crippen molar-refractivity contribution in [1.29, 1.82) is 0 Å². The van der Waals surface area contributed by atoms with Crippen LogP contribution in [0.5, 0.6) is 0 Å². The summed E-state index contributed by atoms with van der Waals surface area (Å²) in [5.74, 6) is 0.770. The summed E-state index contributed by atoms with van der Waals surface area (Å²) < 4.78 is 5.39. The molecule has 5 nitrogen and oxygen atoms in total. The number of carbonyl (C=O) groups excluding carboxylic acids is 1. The Kier molecular flexibility index (Phi) is 4.19. The Morgan fingerprint density at radius 3 is 2.67 bits per heavy atom. The molecule has 2 fully saturated rings. The summed E-state index contributed by atoms with van der Waals surface area (Å²) in [5, 5.41) is 0. The maximum atomic E-state index is 12.8. The Balaban J connectivity index is 1.59. The molecule has 0 aromatic carbocycles. The first-order valence-electron chi connectivity index (χ1n) is 7.82. The lowest BCUT2D eigenvalue weighted by molar-refractivity contribution is -0.147. The van der Waals surface area contributed by atoms with Crippen LogP contribution in [0.4, 0.5) is 0 Å². The van der Waals surface area contributed by atoms with Crippen LogP contribution in [0.2, 0.25) is 0 Å². The van der Waals surface area contributed by atoms with E-state index in [2.05, 4.69) is 16.9 Å². The summed E-state index contributed by atoms with van der Waals surface area (Å²) in [5.41, 5.74) is 0.884. The predicted octanol–water partition coefficient (Wildman–Crippen LogP) is 2.00. The first-order chi connectivity index (χ1) is 10.2. The monoisotopic (exact) mass is 289 g/mol. The number of piperidine rings is 1. The lowest BCUT2D eigenvalue weighted by atomic mass is 9.80. The Morgan fingerprint density at radius 1 is 1.33 bits per heavy atom. The highest BCUT2D eigenvalue weighted by Gasteiger charge is 2.39. The first-order valence-corrected chi connectivity index (χ1v) is 7.82. The van der Waals surface area contributed by atoms with Crippen molar-refractivity contribution < 1.29 is 9.53 Å². The van der Waals surface area contributed by atoms with Crippen LogP contribution in [0.3, 0.4) is 0 Å². The molecule has 3 rings (SSSR count). The van der Waals surface area contributed by atoms with Crippen molar-refractivity contribution in [3.8, 4) is 0 Å². The topological polar surface area (TPSA) is 55.3 Å². The Bertz CT molecular complexity index is 478. The third-order valence-corrected chi connectivity index (χ3v) is 4.92. The number of ether oxygens (including phenoxy) is 1. The molecule has 3 heterocycles. The van der Waals surface area contributed by atoms with Crippen molar-refractivity contribution in [1.82, 2.24) is 14.9 Å². The summed E-state index contributed by atoms with van der Waals surface area (Å²) >= 11 is 0. The molecule has 0 saturated carbocycles. The standard InChI is InChI=1S/C16H23N3O2/c1-16(5-10-21-11-6-16)15(20)19-8-3-13(4-9-19)14-2-7-17-12-18-14/h2,7,12-13H,3-6,8-11H2,1H3. The first kappa shape index (κ1) is 14.4. The summed E-state index contributed by atoms with van der Waals surface area (Å²) in [6.07, 6.45) is 7.08. The van der Waals surface area contributed by atoms with Gasteiger partial charge in [-0.1, -0.05) is 6.92 Å². The molecule has 0 atom stereocenters. The molecule has 21 heavy (non-hydrogen) atoms. The molecule has 1 aromatic heterocycles. The Morgan fingerprint density at radius 2 is 2.05 bits per heavy atom. The quantitative estimate of drug-likeness (QED) is 0.835. The van der Waals surface area contributed by atoms with Gasteiger partial charge < -0.3 is 9.64 Å². The fraction of sp³-hybridized carbons (Fsp3) is 0.688. The van der Waals surface area contributed by atoms with E-state index in [1.165, 1.54) is 0 Å². The van der Waals surface area contributed by atoms with E-state index in [9.17, 15) is 4.79 Å². The van der Waals surface area contributed by atoms with Crippen LogP contribution in [0.15, 0.2) is 18.6 Å². The molecule has 1 aromatic rings. The van der Waals surface area contributed by atoms with Gasteiger partial charge in [0.25, 0.3) is 0 Å². The maximum Gasteiger partial charge on any atom is 0.228 e. The zero-order valence-electron chi connectivity index (χ0n) is 12.6. The van der Waals surface area contributed by atoms with Crippen molar-refractivity contribution in [3.05, 3.63) is 24.3 Å². The van der Waals surface area contributed by atoms with Crippen LogP contribution in [0.1, 0.15) is 44.2 Å². The van der Waals surface area contributed by atoms with Crippen molar-refractivity contribution in [2.75, 3.05) is 26.3 Å². The van der Waals surface area contributed by atoms with Crippen molar-refractivity contribution in [3.63, 3.8) is 0 Å². The highest BCUT2D eigenvalue weighted by atomic mass is 16.5. The van der Waals surface area contributed by atoms with Gasteiger partial charge in [0.1, 0.15) is 6.33 Å². The largest absolute Gasteiger partial charge is 0.381 e. The predicted molar refractivity (Wildman–Crippen MR) is 78.7 cm³/mol. The number of nitrogens with zero attached hydrogens (tertiary/aromatic N) is 3. The number of hydrogen-bond acceptors (Lipinski definition) is 4. The van der Waals surface area contributed by atoms with E-state index in [0.29, 0.717) is 25.0 Å². The average molecular weight is 289 g/mol. The van der Waals surface area contributed by atoms with Gasteiger partial charge in [-0.05, 0) is 31.7 Å². The number of aromatic nitrogens is 2. The van der Waals surface area contributed by atoms with Gasteiger partial charge >= 0.3 is 0 Å². The normalized spacial score (nSPS) is 23.0. The molecule has 5 heteroatoms. The number of amides is 1. The van der Waals surface area contributed by atoms with E-state index in [-0.39, 0.29) is 5.41 Å². The Hall–Kier alpha value is -1.49. The number of likely N-dealkylation sites (tertiary alicyclic amines) is 1. The minimum atomic E-state index is -0.222. The van der Waals surface area contributed by atoms with Crippen LogP contribution < -0.4 is 0 Å². The number of rotatable bonds is 2. The molecule has 0 unspecified atom stereocenters. The van der Waals surface area contributed by atoms with Gasteiger partial charge in [-0.3, -0.25) is 4.79 Å². The van der Waals surface area contributed by atoms with E-state index in [1.807, 2.05) is 11.0 Å². The summed E-state index contributed by atoms with van der Waals surface area (Å²) in [4.78, 5) is 23.1. The van der Waals surface area contributed by atoms with Gasteiger partial charge in [0, 0.05) is 44.1 Å². The van der Waals surface area contributed by atoms with E-state index < -0.39 is 0 Å². The minimum Gasteiger partial charge on any atom is -0.381 e. The second kappa shape index (κ2) is 6.10. The zero-order valence-corrected chi connectivity index (χ0v) is 12.6. The van der Waals surface area contributed by atoms with Crippen LogP contribution in [0, 0.1) is 5.41 Å². The van der Waals surface area contributed by atoms with Gasteiger partial charge in [-0.15, -0.1) is 0 Å². The van der Waals surface area contributed by atoms with Gasteiger partial charge in [-0.2, -0.15) is 0 Å². The summed E-state index contributed by atoms with van der Waals surface area (Å²) in [7, 11) is 0. The molecule has 2 aliphatic rings. The zero-order chi connectivity index (χ0) is 14.7. The molecular weight excluding hydrogens is 266 g/mol. The van der Waals surface area contributed by atoms with E-state index in [4.69, 9.17) is 4.74 Å². The molecule has 2 saturated heterocycles. The third kappa shape index (κ3) is 3.07. The highest BCUT2D eigenvalue weighted by Crippen LogP contribution is 2.34. The third-order valence-electron chi connectivity index (χ3n) is 4.92. The van der Waals surface area contributed by atoms with Crippen LogP contribution >= 0.6 is 0 Å². The minimum absolute atomic E-state index is 0.222.